The molecule has 0 heterocycles. The van der Waals surface area contributed by atoms with Crippen molar-refractivity contribution in [3.05, 3.63) is 23.8 Å². The summed E-state index contributed by atoms with van der Waals surface area (Å²) < 4.78 is 10.3. The van der Waals surface area contributed by atoms with E-state index >= 15 is 0 Å². The highest BCUT2D eigenvalue weighted by atomic mass is 16.5. The summed E-state index contributed by atoms with van der Waals surface area (Å²) in [6, 6.07) is 5.42. The van der Waals surface area contributed by atoms with E-state index in [9.17, 15) is 4.79 Å². The molecule has 0 radical (unpaired) electrons. The van der Waals surface area contributed by atoms with E-state index in [0.29, 0.717) is 18.0 Å². The van der Waals surface area contributed by atoms with Crippen molar-refractivity contribution in [2.75, 3.05) is 20.8 Å². The van der Waals surface area contributed by atoms with Gasteiger partial charge in [0, 0.05) is 12.5 Å². The van der Waals surface area contributed by atoms with Crippen LogP contribution in [0.4, 0.5) is 0 Å². The van der Waals surface area contributed by atoms with Crippen molar-refractivity contribution in [1.29, 1.82) is 0 Å². The molecule has 0 atom stereocenters. The van der Waals surface area contributed by atoms with Crippen molar-refractivity contribution in [3.8, 4) is 23.3 Å². The fourth-order valence-electron chi connectivity index (χ4n) is 1.23. The Morgan fingerprint density at radius 2 is 2.00 bits per heavy atom. The number of ether oxygens (including phenoxy) is 2. The zero-order chi connectivity index (χ0) is 12.7. The van der Waals surface area contributed by atoms with Gasteiger partial charge in [-0.2, -0.15) is 0 Å². The molecule has 0 unspecified atom stereocenters. The summed E-state index contributed by atoms with van der Waals surface area (Å²) >= 11 is 0. The fourth-order valence-corrected chi connectivity index (χ4v) is 1.23. The van der Waals surface area contributed by atoms with Crippen LogP contribution in [0.5, 0.6) is 11.5 Å². The molecule has 0 aromatic heterocycles. The molecule has 0 fully saturated rings. The molecular weight excluding hydrogens is 218 g/mol. The first-order valence-corrected chi connectivity index (χ1v) is 5.12. The molecule has 0 aliphatic carbocycles. The second-order valence-corrected chi connectivity index (χ2v) is 3.28. The third-order valence-corrected chi connectivity index (χ3v) is 2.04. The lowest BCUT2D eigenvalue weighted by Gasteiger charge is -2.06. The number of nitrogens with one attached hydrogen (secondary N) is 1. The average molecular weight is 233 g/mol. The molecule has 0 bridgehead atoms. The Morgan fingerprint density at radius 1 is 1.29 bits per heavy atom. The second kappa shape index (κ2) is 6.44. The number of carbonyl (C=O) groups is 1. The highest BCUT2D eigenvalue weighted by Gasteiger charge is 2.02. The molecule has 0 aliphatic rings. The Morgan fingerprint density at radius 3 is 2.59 bits per heavy atom. The van der Waals surface area contributed by atoms with E-state index in [4.69, 9.17) is 9.47 Å². The van der Waals surface area contributed by atoms with E-state index < -0.39 is 0 Å². The summed E-state index contributed by atoms with van der Waals surface area (Å²) in [5, 5.41) is 2.60. The van der Waals surface area contributed by atoms with E-state index in [-0.39, 0.29) is 5.91 Å². The van der Waals surface area contributed by atoms with Crippen molar-refractivity contribution < 1.29 is 14.3 Å². The molecule has 4 heteroatoms. The summed E-state index contributed by atoms with van der Waals surface area (Å²) in [5.41, 5.74) is 0.813. The summed E-state index contributed by atoms with van der Waals surface area (Å²) in [7, 11) is 3.16. The lowest BCUT2D eigenvalue weighted by atomic mass is 10.2. The van der Waals surface area contributed by atoms with Gasteiger partial charge in [-0.15, -0.1) is 0 Å². The van der Waals surface area contributed by atoms with Gasteiger partial charge in [-0.3, -0.25) is 4.79 Å². The van der Waals surface area contributed by atoms with Gasteiger partial charge in [0.15, 0.2) is 11.5 Å². The van der Waals surface area contributed by atoms with Crippen LogP contribution in [-0.4, -0.2) is 26.7 Å². The number of amides is 1. The molecule has 90 valence electrons. The van der Waals surface area contributed by atoms with Gasteiger partial charge in [0.1, 0.15) is 0 Å². The second-order valence-electron chi connectivity index (χ2n) is 3.28. The molecule has 0 aliphatic heterocycles. The van der Waals surface area contributed by atoms with Crippen LogP contribution in [0.15, 0.2) is 18.2 Å². The average Bonchev–Trinajstić information content (AvgIpc) is 2.34. The van der Waals surface area contributed by atoms with Crippen LogP contribution in [-0.2, 0) is 4.79 Å². The van der Waals surface area contributed by atoms with Crippen LogP contribution in [0, 0.1) is 11.8 Å². The Bertz CT molecular complexity index is 457. The van der Waals surface area contributed by atoms with Crippen LogP contribution in [0.3, 0.4) is 0 Å². The van der Waals surface area contributed by atoms with E-state index in [0.717, 1.165) is 5.56 Å². The van der Waals surface area contributed by atoms with Crippen LogP contribution < -0.4 is 14.8 Å². The zero-order valence-corrected chi connectivity index (χ0v) is 10.2. The maximum atomic E-state index is 10.6. The Kier molecular flexibility index (Phi) is 4.89. The van der Waals surface area contributed by atoms with Crippen molar-refractivity contribution in [1.82, 2.24) is 5.32 Å². The van der Waals surface area contributed by atoms with E-state index in [1.54, 1.807) is 26.4 Å². The van der Waals surface area contributed by atoms with Crippen LogP contribution >= 0.6 is 0 Å². The monoisotopic (exact) mass is 233 g/mol. The number of rotatable bonds is 3. The molecule has 0 spiro atoms. The van der Waals surface area contributed by atoms with Gasteiger partial charge >= 0.3 is 0 Å². The first kappa shape index (κ1) is 12.9. The number of carbonyl (C=O) groups excluding carboxylic acids is 1. The van der Waals surface area contributed by atoms with Gasteiger partial charge in [0.2, 0.25) is 5.91 Å². The minimum absolute atomic E-state index is 0.0911. The summed E-state index contributed by atoms with van der Waals surface area (Å²) in [6.07, 6.45) is 0. The third-order valence-electron chi connectivity index (χ3n) is 2.04. The van der Waals surface area contributed by atoms with Gasteiger partial charge in [0.05, 0.1) is 20.8 Å². The van der Waals surface area contributed by atoms with Crippen LogP contribution in [0.25, 0.3) is 0 Å². The molecule has 1 aromatic rings. The van der Waals surface area contributed by atoms with Gasteiger partial charge in [0.25, 0.3) is 0 Å². The van der Waals surface area contributed by atoms with Crippen molar-refractivity contribution in [2.24, 2.45) is 0 Å². The van der Waals surface area contributed by atoms with E-state index in [1.165, 1.54) is 6.92 Å². The third kappa shape index (κ3) is 4.07. The molecular formula is C13H15NO3. The Hall–Kier alpha value is -2.15. The van der Waals surface area contributed by atoms with Gasteiger partial charge < -0.3 is 14.8 Å². The smallest absolute Gasteiger partial charge is 0.217 e. The van der Waals surface area contributed by atoms with Crippen LogP contribution in [0.2, 0.25) is 0 Å². The predicted molar refractivity (Wildman–Crippen MR) is 65.1 cm³/mol. The Balaban J connectivity index is 2.75. The molecule has 1 N–H and O–H groups in total. The first-order valence-electron chi connectivity index (χ1n) is 5.12. The highest BCUT2D eigenvalue weighted by Crippen LogP contribution is 2.26. The van der Waals surface area contributed by atoms with E-state index in [2.05, 4.69) is 17.2 Å². The van der Waals surface area contributed by atoms with Gasteiger partial charge in [-0.1, -0.05) is 11.8 Å². The van der Waals surface area contributed by atoms with E-state index in [1.807, 2.05) is 6.07 Å². The molecule has 4 nitrogen and oxygen atoms in total. The molecule has 0 saturated carbocycles. The van der Waals surface area contributed by atoms with Gasteiger partial charge in [-0.05, 0) is 18.2 Å². The lowest BCUT2D eigenvalue weighted by molar-refractivity contribution is -0.118. The maximum absolute atomic E-state index is 10.6. The zero-order valence-electron chi connectivity index (χ0n) is 10.2. The SMILES string of the molecule is COc1ccc(C#CCNC(C)=O)cc1OC. The molecule has 17 heavy (non-hydrogen) atoms. The minimum Gasteiger partial charge on any atom is -0.493 e. The topological polar surface area (TPSA) is 47.6 Å². The van der Waals surface area contributed by atoms with Gasteiger partial charge in [-0.25, -0.2) is 0 Å². The van der Waals surface area contributed by atoms with Crippen molar-refractivity contribution >= 4 is 5.91 Å². The first-order chi connectivity index (χ1) is 8.17. The highest BCUT2D eigenvalue weighted by molar-refractivity contribution is 5.73. The number of hydrogen-bond donors (Lipinski definition) is 1. The molecule has 0 saturated heterocycles. The largest absolute Gasteiger partial charge is 0.493 e. The standard InChI is InChI=1S/C13H15NO3/c1-10(15)14-8-4-5-11-6-7-12(16-2)13(9-11)17-3/h6-7,9H,8H2,1-3H3,(H,14,15). The molecule has 1 amide bonds. The van der Waals surface area contributed by atoms with Crippen molar-refractivity contribution in [2.45, 2.75) is 6.92 Å². The fraction of sp³-hybridized carbons (Fsp3) is 0.308. The lowest BCUT2D eigenvalue weighted by Crippen LogP contribution is -2.19. The van der Waals surface area contributed by atoms with Crippen LogP contribution in [0.1, 0.15) is 12.5 Å². The number of benzene rings is 1. The number of methoxy groups -OCH3 is 2. The normalized spacial score (nSPS) is 8.88. The quantitative estimate of drug-likeness (QED) is 0.798. The molecule has 1 rings (SSSR count). The molecule has 1 aromatic carbocycles. The summed E-state index contributed by atoms with van der Waals surface area (Å²) in [6.45, 7) is 1.79. The summed E-state index contributed by atoms with van der Waals surface area (Å²) in [4.78, 5) is 10.6. The summed E-state index contributed by atoms with van der Waals surface area (Å²) in [5.74, 6) is 6.98. The predicted octanol–water partition coefficient (Wildman–Crippen LogP) is 1.19. The minimum atomic E-state index is -0.0911. The Labute approximate surface area is 101 Å². The number of hydrogen-bond acceptors (Lipinski definition) is 3. The maximum Gasteiger partial charge on any atom is 0.217 e. The van der Waals surface area contributed by atoms with Crippen molar-refractivity contribution in [3.63, 3.8) is 0 Å².